The van der Waals surface area contributed by atoms with Crippen LogP contribution in [0.3, 0.4) is 0 Å². The highest BCUT2D eigenvalue weighted by Crippen LogP contribution is 2.17. The number of aryl methyl sites for hydroxylation is 2. The summed E-state index contributed by atoms with van der Waals surface area (Å²) in [5.74, 6) is -0.0472. The van der Waals surface area contributed by atoms with Crippen molar-refractivity contribution in [1.29, 1.82) is 0 Å². The number of carbonyl (C=O) groups is 1. The van der Waals surface area contributed by atoms with Crippen LogP contribution >= 0.6 is 11.3 Å². The number of carbonyl (C=O) groups excluding carboxylic acids is 1. The van der Waals surface area contributed by atoms with Gasteiger partial charge in [0, 0.05) is 16.8 Å². The molecule has 0 bridgehead atoms. The van der Waals surface area contributed by atoms with Crippen molar-refractivity contribution in [3.63, 3.8) is 0 Å². The maximum Gasteiger partial charge on any atom is 0.238 e. The lowest BCUT2D eigenvalue weighted by Gasteiger charge is -2.11. The van der Waals surface area contributed by atoms with Gasteiger partial charge in [0.15, 0.2) is 0 Å². The first-order valence-electron chi connectivity index (χ1n) is 6.56. The van der Waals surface area contributed by atoms with Crippen LogP contribution in [0.2, 0.25) is 0 Å². The van der Waals surface area contributed by atoms with E-state index in [4.69, 9.17) is 0 Å². The molecule has 0 aliphatic heterocycles. The molecule has 1 amide bonds. The fourth-order valence-corrected chi connectivity index (χ4v) is 2.57. The van der Waals surface area contributed by atoms with Crippen LogP contribution in [0, 0.1) is 13.8 Å². The molecule has 5 heteroatoms. The van der Waals surface area contributed by atoms with Crippen molar-refractivity contribution >= 4 is 22.9 Å². The standard InChI is InChI=1S/C15H19N3OS/c1-10-4-6-13(7-5-10)18-14(19)8-16-12(3)15-17-11(2)9-20-15/h4-7,9,12,16H,8H2,1-3H3,(H,18,19). The van der Waals surface area contributed by atoms with Crippen LogP contribution in [-0.4, -0.2) is 17.4 Å². The molecule has 1 heterocycles. The number of nitrogens with zero attached hydrogens (tertiary/aromatic N) is 1. The van der Waals surface area contributed by atoms with E-state index < -0.39 is 0 Å². The van der Waals surface area contributed by atoms with Gasteiger partial charge in [-0.3, -0.25) is 10.1 Å². The van der Waals surface area contributed by atoms with E-state index in [0.717, 1.165) is 16.4 Å². The van der Waals surface area contributed by atoms with Crippen molar-refractivity contribution in [3.05, 3.63) is 45.9 Å². The van der Waals surface area contributed by atoms with E-state index in [9.17, 15) is 4.79 Å². The van der Waals surface area contributed by atoms with Gasteiger partial charge >= 0.3 is 0 Å². The molecule has 0 saturated heterocycles. The Hall–Kier alpha value is -1.72. The lowest BCUT2D eigenvalue weighted by molar-refractivity contribution is -0.115. The molecule has 4 nitrogen and oxygen atoms in total. The molecule has 0 aliphatic rings. The van der Waals surface area contributed by atoms with E-state index in [1.807, 2.05) is 50.4 Å². The fourth-order valence-electron chi connectivity index (χ4n) is 1.75. The van der Waals surface area contributed by atoms with Crippen LogP contribution in [0.25, 0.3) is 0 Å². The zero-order valence-electron chi connectivity index (χ0n) is 11.9. The van der Waals surface area contributed by atoms with Crippen molar-refractivity contribution in [2.24, 2.45) is 0 Å². The molecule has 2 N–H and O–H groups in total. The van der Waals surface area contributed by atoms with Gasteiger partial charge in [0.25, 0.3) is 0 Å². The summed E-state index contributed by atoms with van der Waals surface area (Å²) in [6.07, 6.45) is 0. The summed E-state index contributed by atoms with van der Waals surface area (Å²) in [5.41, 5.74) is 3.01. The summed E-state index contributed by atoms with van der Waals surface area (Å²) in [6.45, 7) is 6.27. The molecule has 1 atom stereocenters. The molecular weight excluding hydrogens is 270 g/mol. The molecule has 1 aromatic carbocycles. The number of hydrogen-bond acceptors (Lipinski definition) is 4. The van der Waals surface area contributed by atoms with Crippen LogP contribution in [0.1, 0.15) is 29.2 Å². The molecule has 2 aromatic rings. The van der Waals surface area contributed by atoms with Crippen molar-refractivity contribution in [1.82, 2.24) is 10.3 Å². The Bertz CT molecular complexity index is 577. The number of nitrogens with one attached hydrogen (secondary N) is 2. The Morgan fingerprint density at radius 2 is 2.00 bits per heavy atom. The zero-order valence-corrected chi connectivity index (χ0v) is 12.8. The Morgan fingerprint density at radius 1 is 1.30 bits per heavy atom. The monoisotopic (exact) mass is 289 g/mol. The first-order chi connectivity index (χ1) is 9.54. The normalized spacial score (nSPS) is 12.2. The van der Waals surface area contributed by atoms with Crippen LogP contribution in [0.15, 0.2) is 29.6 Å². The van der Waals surface area contributed by atoms with Gasteiger partial charge in [-0.2, -0.15) is 0 Å². The fraction of sp³-hybridized carbons (Fsp3) is 0.333. The second-order valence-corrected chi connectivity index (χ2v) is 5.73. The molecule has 0 spiro atoms. The van der Waals surface area contributed by atoms with Gasteiger partial charge in [0.1, 0.15) is 5.01 Å². The first kappa shape index (κ1) is 14.7. The van der Waals surface area contributed by atoms with E-state index in [2.05, 4.69) is 15.6 Å². The second kappa shape index (κ2) is 6.63. The van der Waals surface area contributed by atoms with Gasteiger partial charge in [0.05, 0.1) is 12.6 Å². The van der Waals surface area contributed by atoms with Crippen LogP contribution in [0.4, 0.5) is 5.69 Å². The summed E-state index contributed by atoms with van der Waals surface area (Å²) in [7, 11) is 0. The maximum absolute atomic E-state index is 11.8. The number of anilines is 1. The number of hydrogen-bond donors (Lipinski definition) is 2. The van der Waals surface area contributed by atoms with Crippen LogP contribution in [-0.2, 0) is 4.79 Å². The zero-order chi connectivity index (χ0) is 14.5. The number of aromatic nitrogens is 1. The molecule has 1 aromatic heterocycles. The predicted octanol–water partition coefficient (Wildman–Crippen LogP) is 3.05. The number of amides is 1. The number of benzene rings is 1. The summed E-state index contributed by atoms with van der Waals surface area (Å²) in [6, 6.07) is 7.84. The minimum Gasteiger partial charge on any atom is -0.325 e. The SMILES string of the molecule is Cc1ccc(NC(=O)CNC(C)c2nc(C)cs2)cc1. The van der Waals surface area contributed by atoms with E-state index in [0.29, 0.717) is 0 Å². The Kier molecular flexibility index (Phi) is 4.87. The van der Waals surface area contributed by atoms with Crippen molar-refractivity contribution in [2.45, 2.75) is 26.8 Å². The number of rotatable bonds is 5. The lowest BCUT2D eigenvalue weighted by Crippen LogP contribution is -2.30. The highest BCUT2D eigenvalue weighted by Gasteiger charge is 2.10. The number of thiazole rings is 1. The van der Waals surface area contributed by atoms with E-state index in [1.54, 1.807) is 11.3 Å². The Labute approximate surface area is 123 Å². The molecule has 0 radical (unpaired) electrons. The van der Waals surface area contributed by atoms with E-state index in [1.165, 1.54) is 5.56 Å². The molecule has 20 heavy (non-hydrogen) atoms. The summed E-state index contributed by atoms with van der Waals surface area (Å²) in [4.78, 5) is 16.3. The smallest absolute Gasteiger partial charge is 0.238 e. The topological polar surface area (TPSA) is 54.0 Å². The van der Waals surface area contributed by atoms with Gasteiger partial charge in [0.2, 0.25) is 5.91 Å². The minimum atomic E-state index is -0.0472. The van der Waals surface area contributed by atoms with Crippen LogP contribution in [0.5, 0.6) is 0 Å². The van der Waals surface area contributed by atoms with Crippen molar-refractivity contribution in [2.75, 3.05) is 11.9 Å². The highest BCUT2D eigenvalue weighted by atomic mass is 32.1. The molecule has 106 valence electrons. The molecule has 2 rings (SSSR count). The van der Waals surface area contributed by atoms with Gasteiger partial charge in [-0.25, -0.2) is 4.98 Å². The Morgan fingerprint density at radius 3 is 2.60 bits per heavy atom. The molecular formula is C15H19N3OS. The third-order valence-electron chi connectivity index (χ3n) is 2.91. The lowest BCUT2D eigenvalue weighted by atomic mass is 10.2. The molecule has 0 fully saturated rings. The van der Waals surface area contributed by atoms with Gasteiger partial charge in [-0.05, 0) is 32.9 Å². The summed E-state index contributed by atoms with van der Waals surface area (Å²) in [5, 5.41) is 9.06. The van der Waals surface area contributed by atoms with Gasteiger partial charge < -0.3 is 5.32 Å². The first-order valence-corrected chi connectivity index (χ1v) is 7.44. The minimum absolute atomic E-state index is 0.0472. The average Bonchev–Trinajstić information content (AvgIpc) is 2.85. The predicted molar refractivity (Wildman–Crippen MR) is 83.1 cm³/mol. The quantitative estimate of drug-likeness (QED) is 0.889. The van der Waals surface area contributed by atoms with Gasteiger partial charge in [-0.1, -0.05) is 17.7 Å². The molecule has 0 aliphatic carbocycles. The summed E-state index contributed by atoms with van der Waals surface area (Å²) < 4.78 is 0. The molecule has 0 saturated carbocycles. The molecule has 1 unspecified atom stereocenters. The van der Waals surface area contributed by atoms with E-state index >= 15 is 0 Å². The van der Waals surface area contributed by atoms with Crippen molar-refractivity contribution < 1.29 is 4.79 Å². The summed E-state index contributed by atoms with van der Waals surface area (Å²) >= 11 is 1.61. The van der Waals surface area contributed by atoms with Crippen LogP contribution < -0.4 is 10.6 Å². The highest BCUT2D eigenvalue weighted by molar-refractivity contribution is 7.09. The van der Waals surface area contributed by atoms with Crippen molar-refractivity contribution in [3.8, 4) is 0 Å². The maximum atomic E-state index is 11.8. The average molecular weight is 289 g/mol. The largest absolute Gasteiger partial charge is 0.325 e. The third-order valence-corrected chi connectivity index (χ3v) is 4.06. The third kappa shape index (κ3) is 4.15. The van der Waals surface area contributed by atoms with Gasteiger partial charge in [-0.15, -0.1) is 11.3 Å². The Balaban J connectivity index is 1.81. The second-order valence-electron chi connectivity index (χ2n) is 4.84. The van der Waals surface area contributed by atoms with E-state index in [-0.39, 0.29) is 18.5 Å².